The third kappa shape index (κ3) is 3.23. The van der Waals surface area contributed by atoms with E-state index in [1.165, 1.54) is 12.3 Å². The van der Waals surface area contributed by atoms with Crippen LogP contribution in [0.5, 0.6) is 0 Å². The van der Waals surface area contributed by atoms with Crippen LogP contribution < -0.4 is 5.90 Å². The van der Waals surface area contributed by atoms with E-state index in [0.29, 0.717) is 0 Å². The molecule has 1 rings (SSSR count). The SMILES string of the molecule is NO.O=[N+]([O-])c1ccccn1. The smallest absolute Gasteiger partial charge is 0.358 e. The lowest BCUT2D eigenvalue weighted by molar-refractivity contribution is -0.389. The van der Waals surface area contributed by atoms with Gasteiger partial charge in [0.15, 0.2) is 0 Å². The Morgan fingerprint density at radius 3 is 2.45 bits per heavy atom. The van der Waals surface area contributed by atoms with Crippen molar-refractivity contribution >= 4 is 5.82 Å². The highest BCUT2D eigenvalue weighted by Crippen LogP contribution is 2.01. The second-order valence-corrected chi connectivity index (χ2v) is 1.45. The van der Waals surface area contributed by atoms with Gasteiger partial charge in [-0.1, -0.05) is 6.07 Å². The van der Waals surface area contributed by atoms with Crippen LogP contribution in [0, 0.1) is 10.1 Å². The van der Waals surface area contributed by atoms with Crippen LogP contribution in [0.3, 0.4) is 0 Å². The van der Waals surface area contributed by atoms with Gasteiger partial charge in [0.2, 0.25) is 0 Å². The molecule has 1 heterocycles. The van der Waals surface area contributed by atoms with Crippen LogP contribution in [0.1, 0.15) is 0 Å². The van der Waals surface area contributed by atoms with Gasteiger partial charge < -0.3 is 15.3 Å². The predicted octanol–water partition coefficient (Wildman–Crippen LogP) is 0.324. The zero-order valence-corrected chi connectivity index (χ0v) is 5.54. The van der Waals surface area contributed by atoms with E-state index < -0.39 is 4.92 Å². The average molecular weight is 157 g/mol. The number of nitrogens with two attached hydrogens (primary N) is 1. The van der Waals surface area contributed by atoms with Gasteiger partial charge >= 0.3 is 5.82 Å². The van der Waals surface area contributed by atoms with Crippen molar-refractivity contribution in [1.82, 2.24) is 4.98 Å². The number of nitro groups is 1. The molecule has 0 spiro atoms. The lowest BCUT2D eigenvalue weighted by Crippen LogP contribution is -1.88. The van der Waals surface area contributed by atoms with E-state index in [4.69, 9.17) is 5.21 Å². The Hall–Kier alpha value is -1.53. The molecule has 0 saturated heterocycles. The van der Waals surface area contributed by atoms with E-state index in [2.05, 4.69) is 10.9 Å². The average Bonchev–Trinajstić information content (AvgIpc) is 2.10. The highest BCUT2D eigenvalue weighted by atomic mass is 16.6. The van der Waals surface area contributed by atoms with Crippen LogP contribution in [0.25, 0.3) is 0 Å². The Morgan fingerprint density at radius 2 is 2.18 bits per heavy atom. The Labute approximate surface area is 62.4 Å². The van der Waals surface area contributed by atoms with Crippen LogP contribution in [0.2, 0.25) is 0 Å². The molecule has 6 nitrogen and oxygen atoms in total. The van der Waals surface area contributed by atoms with Gasteiger partial charge in [0.1, 0.15) is 6.20 Å². The zero-order chi connectivity index (χ0) is 8.69. The van der Waals surface area contributed by atoms with E-state index in [1.54, 1.807) is 12.1 Å². The normalized spacial score (nSPS) is 7.82. The van der Waals surface area contributed by atoms with E-state index in [1.807, 2.05) is 0 Å². The molecule has 0 atom stereocenters. The minimum absolute atomic E-state index is 0.113. The minimum atomic E-state index is -0.528. The number of pyridine rings is 1. The maximum atomic E-state index is 9.94. The first-order valence-electron chi connectivity index (χ1n) is 2.62. The van der Waals surface area contributed by atoms with E-state index >= 15 is 0 Å². The molecule has 6 heteroatoms. The molecule has 1 aromatic rings. The standard InChI is InChI=1S/C5H4N2O2.H3NO/c8-7(9)5-3-1-2-4-6-5;1-2/h1-4H;2H,1H2. The maximum Gasteiger partial charge on any atom is 0.363 e. The molecule has 0 aliphatic carbocycles. The Bertz CT molecular complexity index is 213. The van der Waals surface area contributed by atoms with Crippen molar-refractivity contribution in [2.45, 2.75) is 0 Å². The molecule has 60 valence electrons. The summed E-state index contributed by atoms with van der Waals surface area (Å²) in [5.41, 5.74) is 0. The lowest BCUT2D eigenvalue weighted by atomic mass is 10.5. The van der Waals surface area contributed by atoms with E-state index in [0.717, 1.165) is 0 Å². The van der Waals surface area contributed by atoms with Crippen molar-refractivity contribution in [2.75, 3.05) is 0 Å². The zero-order valence-electron chi connectivity index (χ0n) is 5.54. The highest BCUT2D eigenvalue weighted by molar-refractivity contribution is 5.16. The second-order valence-electron chi connectivity index (χ2n) is 1.45. The number of aromatic nitrogens is 1. The van der Waals surface area contributed by atoms with Crippen molar-refractivity contribution in [3.05, 3.63) is 34.5 Å². The minimum Gasteiger partial charge on any atom is -0.358 e. The van der Waals surface area contributed by atoms with Crippen LogP contribution in [0.15, 0.2) is 24.4 Å². The summed E-state index contributed by atoms with van der Waals surface area (Å²) in [6.45, 7) is 0. The van der Waals surface area contributed by atoms with Gasteiger partial charge in [0.25, 0.3) is 0 Å². The molecule has 0 aliphatic heterocycles. The summed E-state index contributed by atoms with van der Waals surface area (Å²) >= 11 is 0. The van der Waals surface area contributed by atoms with Gasteiger partial charge in [0, 0.05) is 6.07 Å². The molecule has 11 heavy (non-hydrogen) atoms. The quantitative estimate of drug-likeness (QED) is 0.451. The van der Waals surface area contributed by atoms with Gasteiger partial charge in [-0.3, -0.25) is 0 Å². The number of rotatable bonds is 1. The molecule has 0 aromatic carbocycles. The van der Waals surface area contributed by atoms with Crippen molar-refractivity contribution in [3.63, 3.8) is 0 Å². The highest BCUT2D eigenvalue weighted by Gasteiger charge is 2.00. The first-order chi connectivity index (χ1) is 5.30. The molecule has 0 bridgehead atoms. The van der Waals surface area contributed by atoms with Gasteiger partial charge in [0.05, 0.1) is 0 Å². The monoisotopic (exact) mass is 157 g/mol. The molecule has 0 fully saturated rings. The van der Waals surface area contributed by atoms with Crippen LogP contribution in [-0.2, 0) is 0 Å². The molecular formula is C5H7N3O3. The summed E-state index contributed by atoms with van der Waals surface area (Å²) in [5.74, 6) is 3.39. The van der Waals surface area contributed by atoms with Crippen molar-refractivity contribution < 1.29 is 10.1 Å². The van der Waals surface area contributed by atoms with E-state index in [9.17, 15) is 10.1 Å². The summed E-state index contributed by atoms with van der Waals surface area (Å²) < 4.78 is 0. The molecular weight excluding hydrogens is 150 g/mol. The number of hydrogen-bond acceptors (Lipinski definition) is 5. The topological polar surface area (TPSA) is 102 Å². The Balaban J connectivity index is 0.000000461. The fourth-order valence-corrected chi connectivity index (χ4v) is 0.462. The van der Waals surface area contributed by atoms with Crippen LogP contribution >= 0.6 is 0 Å². The van der Waals surface area contributed by atoms with Gasteiger partial charge in [-0.15, -0.1) is 0 Å². The summed E-state index contributed by atoms with van der Waals surface area (Å²) in [6, 6.07) is 4.55. The number of hydrogen-bond donors (Lipinski definition) is 2. The van der Waals surface area contributed by atoms with E-state index in [-0.39, 0.29) is 5.82 Å². The van der Waals surface area contributed by atoms with Gasteiger partial charge in [-0.25, -0.2) is 5.90 Å². The third-order valence-electron chi connectivity index (χ3n) is 0.836. The first-order valence-corrected chi connectivity index (χ1v) is 2.62. The summed E-state index contributed by atoms with van der Waals surface area (Å²) in [7, 11) is 0. The summed E-state index contributed by atoms with van der Waals surface area (Å²) in [4.78, 5) is 12.9. The first kappa shape index (κ1) is 9.47. The fourth-order valence-electron chi connectivity index (χ4n) is 0.462. The lowest BCUT2D eigenvalue weighted by Gasteiger charge is -1.86. The molecule has 0 aliphatic rings. The van der Waals surface area contributed by atoms with Gasteiger partial charge in [-0.2, -0.15) is 0 Å². The van der Waals surface area contributed by atoms with Crippen LogP contribution in [-0.4, -0.2) is 15.1 Å². The largest absolute Gasteiger partial charge is 0.363 e. The van der Waals surface area contributed by atoms with Gasteiger partial charge in [-0.05, 0) is 16.0 Å². The van der Waals surface area contributed by atoms with Crippen molar-refractivity contribution in [3.8, 4) is 0 Å². The molecule has 3 N–H and O–H groups in total. The molecule has 0 radical (unpaired) electrons. The molecule has 0 unspecified atom stereocenters. The second kappa shape index (κ2) is 5.27. The van der Waals surface area contributed by atoms with Crippen LogP contribution in [0.4, 0.5) is 5.82 Å². The number of nitrogens with zero attached hydrogens (tertiary/aromatic N) is 2. The third-order valence-corrected chi connectivity index (χ3v) is 0.836. The molecule has 0 amide bonds. The maximum absolute atomic E-state index is 9.94. The Morgan fingerprint density at radius 1 is 1.55 bits per heavy atom. The molecule has 1 aromatic heterocycles. The fraction of sp³-hybridized carbons (Fsp3) is 0. The predicted molar refractivity (Wildman–Crippen MR) is 36.9 cm³/mol. The summed E-state index contributed by atoms with van der Waals surface area (Å²) in [5, 5.41) is 16.4. The molecule has 0 saturated carbocycles. The summed E-state index contributed by atoms with van der Waals surface area (Å²) in [6.07, 6.45) is 1.39. The van der Waals surface area contributed by atoms with Crippen molar-refractivity contribution in [1.29, 1.82) is 0 Å². The van der Waals surface area contributed by atoms with Crippen molar-refractivity contribution in [2.24, 2.45) is 5.90 Å². The Kier molecular flexibility index (Phi) is 4.54.